The average molecular weight is 1190 g/mol. The number of carboxylic acids is 1. The molecule has 8 aromatic heterocycles. The van der Waals surface area contributed by atoms with Crippen molar-refractivity contribution in [1.82, 2.24) is 71.0 Å². The third-order valence-electron chi connectivity index (χ3n) is 11.7. The molecule has 0 unspecified atom stereocenters. The molecule has 80 heavy (non-hydrogen) atoms. The maximum absolute atomic E-state index is 14.2. The molecule has 1 aliphatic heterocycles. The van der Waals surface area contributed by atoms with Crippen LogP contribution in [0.4, 0.5) is 5.13 Å². The van der Waals surface area contributed by atoms with Crippen molar-refractivity contribution in [3.63, 3.8) is 0 Å². The summed E-state index contributed by atoms with van der Waals surface area (Å²) in [5.74, 6) is -4.64. The van der Waals surface area contributed by atoms with Crippen LogP contribution in [0, 0.1) is 6.92 Å². The van der Waals surface area contributed by atoms with E-state index in [4.69, 9.17) is 34.8 Å². The molecular weight excluding hydrogens is 1150 g/mol. The van der Waals surface area contributed by atoms with Crippen molar-refractivity contribution < 1.29 is 48.5 Å². The van der Waals surface area contributed by atoms with Crippen LogP contribution in [0.2, 0.25) is 0 Å². The number of anilines is 1. The molecule has 0 saturated carbocycles. The minimum absolute atomic E-state index is 0.00558. The van der Waals surface area contributed by atoms with Crippen LogP contribution < -0.4 is 31.9 Å². The Morgan fingerprint density at radius 2 is 1.52 bits per heavy atom. The number of hydrogen-bond donors (Lipinski definition) is 8. The van der Waals surface area contributed by atoms with Crippen molar-refractivity contribution in [1.29, 1.82) is 0 Å². The molecule has 0 saturated heterocycles. The number of benzene rings is 1. The van der Waals surface area contributed by atoms with Crippen molar-refractivity contribution in [2.24, 2.45) is 0 Å². The van der Waals surface area contributed by atoms with E-state index in [1.54, 1.807) is 70.9 Å². The monoisotopic (exact) mass is 1190 g/mol. The summed E-state index contributed by atoms with van der Waals surface area (Å²) in [5.41, 5.74) is 2.42. The minimum Gasteiger partial charge on any atom is -0.480 e. The van der Waals surface area contributed by atoms with E-state index >= 15 is 0 Å². The van der Waals surface area contributed by atoms with E-state index in [1.165, 1.54) is 65.3 Å². The highest BCUT2D eigenvalue weighted by Gasteiger charge is 2.31. The summed E-state index contributed by atoms with van der Waals surface area (Å²) in [6.45, 7) is 0.477. The van der Waals surface area contributed by atoms with Gasteiger partial charge in [-0.2, -0.15) is 0 Å². The van der Waals surface area contributed by atoms with E-state index in [0.29, 0.717) is 69.5 Å². The minimum atomic E-state index is -1.29. The molecule has 3 atom stereocenters. The molecule has 25 nitrogen and oxygen atoms in total. The second-order valence-corrected chi connectivity index (χ2v) is 22.9. The number of aliphatic hydroxyl groups excluding tert-OH is 1. The molecule has 0 fully saturated rings. The van der Waals surface area contributed by atoms with E-state index in [1.807, 2.05) is 0 Å². The van der Waals surface area contributed by atoms with Crippen molar-refractivity contribution in [3.8, 4) is 49.2 Å². The molecule has 6 amide bonds. The largest absolute Gasteiger partial charge is 0.480 e. The lowest BCUT2D eigenvalue weighted by atomic mass is 10.0. The number of rotatable bonds is 11. The highest BCUT2D eigenvalue weighted by molar-refractivity contribution is 7.16. The summed E-state index contributed by atoms with van der Waals surface area (Å²) in [7, 11) is 2.87. The molecule has 0 spiro atoms. The number of fused-ring (bicyclic) bond motifs is 14. The quantitative estimate of drug-likeness (QED) is 0.0799. The zero-order chi connectivity index (χ0) is 56.2. The van der Waals surface area contributed by atoms with Gasteiger partial charge in [0, 0.05) is 52.3 Å². The second kappa shape index (κ2) is 23.9. The fourth-order valence-electron chi connectivity index (χ4n) is 7.84. The Balaban J connectivity index is 1.04. The standard InChI is InChI=1S/C49H41N15O10S6/c1-21-35-43(73)63-49-62-37(30(80-49)15-74-3)42(72)51-12-33(66)60-38(39(69)22-7-5-4-6-8-22)48-58-29(18-77-48)46-56-27(16-76-46)36-23(44-57-28(17-75-44)41(71)55-25(11-32(65)50-2)47(61-35)79-21)9-10-24(54-36)45-59-31(19-78-45)64-14-26(53-20-64)40(70)52-13-34(67)68/h4-10,14,16-20,25,38-39,69H,11-13,15H2,1-3H3,(H,50,65)(H,51,72)(H,52,70)(H,55,71)(H,60,66)(H,67,68)(H,62,63,73)/t25-,38-,39-/m0/s1. The smallest absolute Gasteiger partial charge is 0.322 e. The number of nitrogens with zero attached hydrogens (tertiary/aromatic N) is 9. The molecule has 10 rings (SSSR count). The first-order valence-corrected chi connectivity index (χ1v) is 28.8. The lowest BCUT2D eigenvalue weighted by Crippen LogP contribution is -2.40. The van der Waals surface area contributed by atoms with E-state index in [9.17, 15) is 38.7 Å². The summed E-state index contributed by atoms with van der Waals surface area (Å²) in [6, 6.07) is 10.1. The number of aliphatic carboxylic acids is 1. The molecule has 408 valence electrons. The Kier molecular flexibility index (Phi) is 16.4. The van der Waals surface area contributed by atoms with Gasteiger partial charge >= 0.3 is 5.97 Å². The molecule has 8 N–H and O–H groups in total. The van der Waals surface area contributed by atoms with Crippen molar-refractivity contribution in [2.75, 3.05) is 32.6 Å². The third kappa shape index (κ3) is 12.1. The number of amides is 6. The zero-order valence-corrected chi connectivity index (χ0v) is 46.6. The van der Waals surface area contributed by atoms with Gasteiger partial charge in [0.2, 0.25) is 11.8 Å². The maximum atomic E-state index is 14.2. The lowest BCUT2D eigenvalue weighted by Gasteiger charge is -2.23. The van der Waals surface area contributed by atoms with E-state index in [2.05, 4.69) is 46.9 Å². The van der Waals surface area contributed by atoms with E-state index in [-0.39, 0.29) is 45.9 Å². The first-order chi connectivity index (χ1) is 38.6. The lowest BCUT2D eigenvalue weighted by molar-refractivity contribution is -0.135. The molecule has 1 aromatic carbocycles. The van der Waals surface area contributed by atoms with Gasteiger partial charge in [-0.3, -0.25) is 43.4 Å². The number of nitrogens with one attached hydrogen (secondary N) is 6. The second-order valence-electron chi connectivity index (χ2n) is 17.1. The van der Waals surface area contributed by atoms with Crippen LogP contribution >= 0.6 is 68.0 Å². The van der Waals surface area contributed by atoms with Crippen LogP contribution in [0.1, 0.15) is 91.9 Å². The number of hydrogen-bond acceptors (Lipinski definition) is 23. The number of imidazole rings is 1. The Morgan fingerprint density at radius 3 is 2.31 bits per heavy atom. The zero-order valence-electron chi connectivity index (χ0n) is 41.7. The Morgan fingerprint density at radius 1 is 0.775 bits per heavy atom. The van der Waals surface area contributed by atoms with E-state index < -0.39 is 72.7 Å². The van der Waals surface area contributed by atoms with Crippen LogP contribution in [0.3, 0.4) is 0 Å². The van der Waals surface area contributed by atoms with Crippen LogP contribution in [-0.2, 0) is 25.7 Å². The summed E-state index contributed by atoms with van der Waals surface area (Å²) < 4.78 is 6.84. The van der Waals surface area contributed by atoms with Crippen LogP contribution in [-0.4, -0.2) is 123 Å². The molecule has 9 heterocycles. The summed E-state index contributed by atoms with van der Waals surface area (Å²) in [4.78, 5) is 130. The first kappa shape index (κ1) is 54.9. The molecule has 9 aromatic rings. The number of aliphatic hydroxyl groups is 1. The van der Waals surface area contributed by atoms with Gasteiger partial charge in [-0.25, -0.2) is 39.9 Å². The molecular formula is C49H41N15O10S6. The van der Waals surface area contributed by atoms with Gasteiger partial charge in [-0.05, 0) is 24.6 Å². The van der Waals surface area contributed by atoms with Gasteiger partial charge in [0.05, 0.1) is 36.2 Å². The van der Waals surface area contributed by atoms with E-state index in [0.717, 1.165) is 34.0 Å². The highest BCUT2D eigenvalue weighted by Crippen LogP contribution is 2.40. The topological polar surface area (TPSA) is 349 Å². The van der Waals surface area contributed by atoms with Gasteiger partial charge in [0.25, 0.3) is 23.6 Å². The average Bonchev–Trinajstić information content (AvgIpc) is 4.37. The predicted molar refractivity (Wildman–Crippen MR) is 297 cm³/mol. The Labute approximate surface area is 475 Å². The molecule has 10 bridgehead atoms. The number of aromatic nitrogens is 9. The highest BCUT2D eigenvalue weighted by atomic mass is 32.1. The van der Waals surface area contributed by atoms with Crippen molar-refractivity contribution >= 4 is 115 Å². The predicted octanol–water partition coefficient (Wildman–Crippen LogP) is 5.44. The number of aryl methyl sites for hydroxylation is 1. The molecule has 1 aliphatic rings. The number of carboxylic acid groups (broad SMARTS) is 1. The van der Waals surface area contributed by atoms with Gasteiger partial charge in [-0.1, -0.05) is 41.7 Å². The maximum Gasteiger partial charge on any atom is 0.322 e. The number of methoxy groups -OCH3 is 1. The summed E-state index contributed by atoms with van der Waals surface area (Å²) >= 11 is 6.90. The number of pyridine rings is 1. The fourth-order valence-corrected chi connectivity index (χ4v) is 13.1. The van der Waals surface area contributed by atoms with Crippen LogP contribution in [0.5, 0.6) is 0 Å². The number of ether oxygens (including phenoxy) is 1. The summed E-state index contributed by atoms with van der Waals surface area (Å²) in [5, 5.41) is 45.4. The van der Waals surface area contributed by atoms with Crippen LogP contribution in [0.15, 0.2) is 76.5 Å². The normalized spacial score (nSPS) is 15.3. The molecule has 0 radical (unpaired) electrons. The molecule has 31 heteroatoms. The molecule has 0 aliphatic carbocycles. The fraction of sp³-hybridized carbons (Fsp3) is 0.204. The first-order valence-electron chi connectivity index (χ1n) is 23.6. The van der Waals surface area contributed by atoms with Gasteiger partial charge in [0.1, 0.15) is 95.7 Å². The Hall–Kier alpha value is -8.43. The van der Waals surface area contributed by atoms with Crippen molar-refractivity contribution in [2.45, 2.75) is 38.1 Å². The number of thiazole rings is 6. The summed E-state index contributed by atoms with van der Waals surface area (Å²) in [6.07, 6.45) is 1.26. The number of carbonyl (C=O) groups is 7. The van der Waals surface area contributed by atoms with Gasteiger partial charge in [0.15, 0.2) is 5.13 Å². The Bertz CT molecular complexity index is 3840. The van der Waals surface area contributed by atoms with Crippen molar-refractivity contribution in [3.05, 3.63) is 125 Å². The SMILES string of the molecule is CNC(=O)C[C@@H]1NC(=O)c2csc(n2)-c2ccc(-c3nc(-n4cnc(C(=O)NCC(=O)O)c4)cs3)nc2-c2csc(n2)-c2csc(n2)[C@H]([C@@H](O)c2ccccc2)NC(=O)CNC(=O)c2nc(sc2COC)NC(=O)c2nc1sc2C. The van der Waals surface area contributed by atoms with Crippen LogP contribution in [0.25, 0.3) is 49.2 Å². The third-order valence-corrected chi connectivity index (χ3v) is 17.2. The van der Waals surface area contributed by atoms with Gasteiger partial charge < -0.3 is 41.5 Å². The van der Waals surface area contributed by atoms with Gasteiger partial charge in [-0.15, -0.1) is 56.7 Å². The number of carbonyl (C=O) groups excluding carboxylic acids is 6.